The Kier molecular flexibility index (Phi) is 5.48. The average molecular weight is 345 g/mol. The van der Waals surface area contributed by atoms with E-state index in [9.17, 15) is 8.42 Å². The van der Waals surface area contributed by atoms with Gasteiger partial charge in [0.05, 0.1) is 5.69 Å². The van der Waals surface area contributed by atoms with E-state index in [0.29, 0.717) is 22.8 Å². The molecule has 6 nitrogen and oxygen atoms in total. The quantitative estimate of drug-likeness (QED) is 0.424. The molecule has 2 aromatic carbocycles. The first kappa shape index (κ1) is 17.8. The fourth-order valence-corrected chi connectivity index (χ4v) is 2.73. The van der Waals surface area contributed by atoms with Gasteiger partial charge >= 0.3 is 0 Å². The molecule has 2 aromatic rings. The normalized spacial score (nSPS) is 12.2. The molecule has 0 saturated heterocycles. The fraction of sp³-hybridized carbons (Fsp3) is 0.176. The second kappa shape index (κ2) is 7.37. The Balaban J connectivity index is 2.05. The SMILES string of the molecule is Cc1ccc(C(=N)CC(N)=Nc2ccc(CS(=O)(=O)O)cc2)cc1. The summed E-state index contributed by atoms with van der Waals surface area (Å²) in [5.74, 6) is -0.145. The monoisotopic (exact) mass is 345 g/mol. The number of aryl methyl sites for hydroxylation is 1. The molecule has 0 amide bonds. The van der Waals surface area contributed by atoms with E-state index in [2.05, 4.69) is 4.99 Å². The van der Waals surface area contributed by atoms with Crippen molar-refractivity contribution in [1.29, 1.82) is 5.41 Å². The maximum absolute atomic E-state index is 10.8. The zero-order valence-corrected chi connectivity index (χ0v) is 14.0. The molecule has 0 aliphatic heterocycles. The first-order valence-corrected chi connectivity index (χ1v) is 8.85. The van der Waals surface area contributed by atoms with Crippen LogP contribution < -0.4 is 5.73 Å². The molecule has 0 heterocycles. The fourth-order valence-electron chi connectivity index (χ4n) is 2.12. The molecule has 0 aliphatic carbocycles. The Morgan fingerprint density at radius 1 is 1.12 bits per heavy atom. The van der Waals surface area contributed by atoms with Crippen LogP contribution in [0.2, 0.25) is 0 Å². The van der Waals surface area contributed by atoms with Crippen LogP contribution in [0, 0.1) is 12.3 Å². The van der Waals surface area contributed by atoms with E-state index in [-0.39, 0.29) is 6.42 Å². The summed E-state index contributed by atoms with van der Waals surface area (Å²) in [6, 6.07) is 14.0. The van der Waals surface area contributed by atoms with Crippen molar-refractivity contribution >= 4 is 27.4 Å². The number of hydrogen-bond acceptors (Lipinski definition) is 4. The standard InChI is InChI=1S/C17H19N3O3S/c1-12-2-6-14(7-3-12)16(18)10-17(19)20-15-8-4-13(5-9-15)11-24(21,22)23/h2-9,18H,10-11H2,1H3,(H2,19,20)(H,21,22,23). The molecule has 0 aromatic heterocycles. The van der Waals surface area contributed by atoms with Gasteiger partial charge in [0.25, 0.3) is 10.1 Å². The second-order valence-corrected chi connectivity index (χ2v) is 6.97. The summed E-state index contributed by atoms with van der Waals surface area (Å²) in [5.41, 5.74) is 9.20. The molecular formula is C17H19N3O3S. The van der Waals surface area contributed by atoms with Crippen molar-refractivity contribution in [1.82, 2.24) is 0 Å². The molecule has 0 atom stereocenters. The van der Waals surface area contributed by atoms with E-state index >= 15 is 0 Å². The Bertz CT molecular complexity index is 855. The van der Waals surface area contributed by atoms with Gasteiger partial charge in [-0.25, -0.2) is 4.99 Å². The van der Waals surface area contributed by atoms with Gasteiger partial charge < -0.3 is 11.1 Å². The van der Waals surface area contributed by atoms with Gasteiger partial charge in [-0.15, -0.1) is 0 Å². The van der Waals surface area contributed by atoms with E-state index in [1.54, 1.807) is 24.3 Å². The predicted molar refractivity (Wildman–Crippen MR) is 95.6 cm³/mol. The summed E-state index contributed by atoms with van der Waals surface area (Å²) >= 11 is 0. The lowest BCUT2D eigenvalue weighted by atomic mass is 10.1. The highest BCUT2D eigenvalue weighted by molar-refractivity contribution is 7.85. The smallest absolute Gasteiger partial charge is 0.269 e. The van der Waals surface area contributed by atoms with Gasteiger partial charge in [0.1, 0.15) is 11.6 Å². The van der Waals surface area contributed by atoms with Crippen LogP contribution in [0.4, 0.5) is 5.69 Å². The number of nitrogens with two attached hydrogens (primary N) is 1. The van der Waals surface area contributed by atoms with Crippen molar-refractivity contribution in [3.05, 3.63) is 65.2 Å². The minimum Gasteiger partial charge on any atom is -0.387 e. The average Bonchev–Trinajstić information content (AvgIpc) is 2.48. The highest BCUT2D eigenvalue weighted by atomic mass is 32.2. The third-order valence-corrected chi connectivity index (χ3v) is 4.01. The molecule has 0 spiro atoms. The minimum atomic E-state index is -4.05. The summed E-state index contributed by atoms with van der Waals surface area (Å²) in [7, 11) is -4.05. The Hall–Kier alpha value is -2.51. The molecule has 7 heteroatoms. The van der Waals surface area contributed by atoms with Crippen LogP contribution in [-0.4, -0.2) is 24.5 Å². The van der Waals surface area contributed by atoms with Gasteiger partial charge in [-0.05, 0) is 30.2 Å². The third-order valence-electron chi connectivity index (χ3n) is 3.32. The minimum absolute atomic E-state index is 0.218. The summed E-state index contributed by atoms with van der Waals surface area (Å²) in [6.45, 7) is 1.98. The summed E-state index contributed by atoms with van der Waals surface area (Å²) in [5, 5.41) is 8.07. The largest absolute Gasteiger partial charge is 0.387 e. The van der Waals surface area contributed by atoms with Gasteiger partial charge in [0, 0.05) is 12.1 Å². The summed E-state index contributed by atoms with van der Waals surface area (Å²) in [4.78, 5) is 4.22. The molecule has 0 fully saturated rings. The molecule has 0 unspecified atom stereocenters. The topological polar surface area (TPSA) is 117 Å². The predicted octanol–water partition coefficient (Wildman–Crippen LogP) is 2.83. The molecule has 0 aliphatic rings. The summed E-state index contributed by atoms with van der Waals surface area (Å²) < 4.78 is 30.5. The highest BCUT2D eigenvalue weighted by Crippen LogP contribution is 2.15. The molecule has 0 radical (unpaired) electrons. The molecule has 2 rings (SSSR count). The van der Waals surface area contributed by atoms with E-state index in [1.807, 2.05) is 31.2 Å². The van der Waals surface area contributed by atoms with Crippen molar-refractivity contribution in [2.45, 2.75) is 19.1 Å². The molecule has 4 N–H and O–H groups in total. The van der Waals surface area contributed by atoms with Crippen molar-refractivity contribution in [3.8, 4) is 0 Å². The van der Waals surface area contributed by atoms with Crippen molar-refractivity contribution in [3.63, 3.8) is 0 Å². The maximum Gasteiger partial charge on any atom is 0.269 e. The Labute approximate surface area is 141 Å². The first-order chi connectivity index (χ1) is 11.2. The number of aliphatic imine (C=N–C) groups is 1. The van der Waals surface area contributed by atoms with Gasteiger partial charge in [-0.2, -0.15) is 8.42 Å². The lowest BCUT2D eigenvalue weighted by Crippen LogP contribution is -2.16. The number of benzene rings is 2. The van der Waals surface area contributed by atoms with Crippen LogP contribution in [0.1, 0.15) is 23.1 Å². The first-order valence-electron chi connectivity index (χ1n) is 7.24. The number of rotatable bonds is 6. The highest BCUT2D eigenvalue weighted by Gasteiger charge is 2.07. The number of amidine groups is 1. The molecule has 126 valence electrons. The van der Waals surface area contributed by atoms with Gasteiger partial charge in [-0.1, -0.05) is 42.0 Å². The van der Waals surface area contributed by atoms with Crippen LogP contribution in [0.3, 0.4) is 0 Å². The van der Waals surface area contributed by atoms with E-state index in [0.717, 1.165) is 11.1 Å². The van der Waals surface area contributed by atoms with Crippen LogP contribution in [0.15, 0.2) is 53.5 Å². The van der Waals surface area contributed by atoms with E-state index in [1.165, 1.54) is 0 Å². The lowest BCUT2D eigenvalue weighted by Gasteiger charge is -2.05. The zero-order valence-electron chi connectivity index (χ0n) is 13.2. The summed E-state index contributed by atoms with van der Waals surface area (Å²) in [6.07, 6.45) is 0.218. The lowest BCUT2D eigenvalue weighted by molar-refractivity contribution is 0.482. The Morgan fingerprint density at radius 2 is 1.71 bits per heavy atom. The van der Waals surface area contributed by atoms with Crippen LogP contribution in [0.25, 0.3) is 0 Å². The maximum atomic E-state index is 10.8. The zero-order chi connectivity index (χ0) is 17.7. The molecular weight excluding hydrogens is 326 g/mol. The third kappa shape index (κ3) is 5.60. The van der Waals surface area contributed by atoms with E-state index in [4.69, 9.17) is 15.7 Å². The molecule has 0 bridgehead atoms. The van der Waals surface area contributed by atoms with Crippen LogP contribution in [-0.2, 0) is 15.9 Å². The van der Waals surface area contributed by atoms with Crippen LogP contribution >= 0.6 is 0 Å². The Morgan fingerprint density at radius 3 is 2.25 bits per heavy atom. The number of nitrogens with zero attached hydrogens (tertiary/aromatic N) is 1. The van der Waals surface area contributed by atoms with E-state index < -0.39 is 15.9 Å². The second-order valence-electron chi connectivity index (χ2n) is 5.52. The van der Waals surface area contributed by atoms with Gasteiger partial charge in [-0.3, -0.25) is 4.55 Å². The van der Waals surface area contributed by atoms with Crippen molar-refractivity contribution in [2.75, 3.05) is 0 Å². The number of nitrogens with one attached hydrogen (secondary N) is 1. The molecule has 24 heavy (non-hydrogen) atoms. The van der Waals surface area contributed by atoms with Crippen LogP contribution in [0.5, 0.6) is 0 Å². The molecule has 0 saturated carbocycles. The van der Waals surface area contributed by atoms with Gasteiger partial charge in [0.15, 0.2) is 0 Å². The van der Waals surface area contributed by atoms with Crippen molar-refractivity contribution in [2.24, 2.45) is 10.7 Å². The number of hydrogen-bond donors (Lipinski definition) is 3. The van der Waals surface area contributed by atoms with Gasteiger partial charge in [0.2, 0.25) is 0 Å². The van der Waals surface area contributed by atoms with Crippen molar-refractivity contribution < 1.29 is 13.0 Å².